The number of fused-ring (bicyclic) bond motifs is 2. The molecule has 1 amide bonds. The van der Waals surface area contributed by atoms with Crippen molar-refractivity contribution in [1.82, 2.24) is 4.90 Å². The van der Waals surface area contributed by atoms with E-state index in [0.29, 0.717) is 17.6 Å². The maximum atomic E-state index is 12.9. The summed E-state index contributed by atoms with van der Waals surface area (Å²) in [5.41, 5.74) is 0. The smallest absolute Gasteiger partial charge is 0.327 e. The van der Waals surface area contributed by atoms with E-state index in [-0.39, 0.29) is 23.1 Å². The SMILES string of the molecule is CC(C)C1SCC(C(=O)O)N1C(=O)C1CC2C=CC1C2. The van der Waals surface area contributed by atoms with Crippen molar-refractivity contribution in [3.63, 3.8) is 0 Å². The molecule has 5 atom stereocenters. The first-order valence-corrected chi connectivity index (χ1v) is 8.38. The number of carbonyl (C=O) groups is 2. The molecule has 0 aromatic carbocycles. The van der Waals surface area contributed by atoms with E-state index >= 15 is 0 Å². The molecular formula is C15H21NO3S. The zero-order valence-corrected chi connectivity index (χ0v) is 12.7. The number of carboxylic acid groups (broad SMARTS) is 1. The summed E-state index contributed by atoms with van der Waals surface area (Å²) in [7, 11) is 0. The minimum atomic E-state index is -0.868. The van der Waals surface area contributed by atoms with Gasteiger partial charge in [-0.05, 0) is 30.6 Å². The highest BCUT2D eigenvalue weighted by Gasteiger charge is 2.48. The maximum absolute atomic E-state index is 12.9. The van der Waals surface area contributed by atoms with Gasteiger partial charge in [0.2, 0.25) is 5.91 Å². The number of amides is 1. The Morgan fingerprint density at radius 1 is 1.30 bits per heavy atom. The first-order chi connectivity index (χ1) is 9.49. The molecule has 3 rings (SSSR count). The van der Waals surface area contributed by atoms with Gasteiger partial charge in [0, 0.05) is 11.7 Å². The molecule has 0 spiro atoms. The third kappa shape index (κ3) is 2.16. The summed E-state index contributed by atoms with van der Waals surface area (Å²) in [5, 5.41) is 9.39. The van der Waals surface area contributed by atoms with Crippen molar-refractivity contribution in [2.45, 2.75) is 38.1 Å². The van der Waals surface area contributed by atoms with Gasteiger partial charge >= 0.3 is 5.97 Å². The Labute approximate surface area is 123 Å². The third-order valence-corrected chi connectivity index (χ3v) is 6.36. The van der Waals surface area contributed by atoms with E-state index in [9.17, 15) is 14.7 Å². The molecule has 3 aliphatic rings. The molecule has 2 fully saturated rings. The van der Waals surface area contributed by atoms with Gasteiger partial charge in [-0.25, -0.2) is 4.79 Å². The second kappa shape index (κ2) is 5.10. The van der Waals surface area contributed by atoms with Crippen molar-refractivity contribution in [3.8, 4) is 0 Å². The molecule has 4 nitrogen and oxygen atoms in total. The van der Waals surface area contributed by atoms with Crippen LogP contribution in [0.15, 0.2) is 12.2 Å². The van der Waals surface area contributed by atoms with Crippen molar-refractivity contribution in [3.05, 3.63) is 12.2 Å². The van der Waals surface area contributed by atoms with E-state index in [4.69, 9.17) is 0 Å². The lowest BCUT2D eigenvalue weighted by molar-refractivity contribution is -0.151. The van der Waals surface area contributed by atoms with Crippen LogP contribution < -0.4 is 0 Å². The normalized spacial score (nSPS) is 39.0. The average Bonchev–Trinajstić information content (AvgIpc) is 3.11. The lowest BCUT2D eigenvalue weighted by Gasteiger charge is -2.33. The van der Waals surface area contributed by atoms with Gasteiger partial charge in [0.1, 0.15) is 6.04 Å². The van der Waals surface area contributed by atoms with Crippen LogP contribution in [-0.2, 0) is 9.59 Å². The number of carbonyl (C=O) groups excluding carboxylic acids is 1. The molecule has 1 aliphatic heterocycles. The highest BCUT2D eigenvalue weighted by Crippen LogP contribution is 2.46. The number of rotatable bonds is 3. The van der Waals surface area contributed by atoms with Gasteiger partial charge in [-0.1, -0.05) is 26.0 Å². The van der Waals surface area contributed by atoms with Crippen molar-refractivity contribution < 1.29 is 14.7 Å². The van der Waals surface area contributed by atoms with Gasteiger partial charge in [0.25, 0.3) is 0 Å². The molecule has 1 saturated heterocycles. The van der Waals surface area contributed by atoms with Crippen LogP contribution in [0.2, 0.25) is 0 Å². The van der Waals surface area contributed by atoms with Crippen LogP contribution in [0.1, 0.15) is 26.7 Å². The van der Waals surface area contributed by atoms with Crippen LogP contribution in [0.4, 0.5) is 0 Å². The standard InChI is InChI=1S/C15H21NO3S/c1-8(2)14-16(12(7-20-14)15(18)19)13(17)11-6-9-3-4-10(11)5-9/h3-4,8-12,14H,5-7H2,1-2H3,(H,18,19). The van der Waals surface area contributed by atoms with E-state index < -0.39 is 12.0 Å². The van der Waals surface area contributed by atoms with Gasteiger partial charge in [0.15, 0.2) is 0 Å². The van der Waals surface area contributed by atoms with Crippen LogP contribution in [0, 0.1) is 23.7 Å². The fourth-order valence-corrected chi connectivity index (χ4v) is 5.25. The van der Waals surface area contributed by atoms with Crippen LogP contribution >= 0.6 is 11.8 Å². The summed E-state index contributed by atoms with van der Waals surface area (Å²) in [6.07, 6.45) is 6.34. The third-order valence-electron chi connectivity index (χ3n) is 4.74. The van der Waals surface area contributed by atoms with Crippen LogP contribution in [0.25, 0.3) is 0 Å². The molecule has 1 N–H and O–H groups in total. The highest BCUT2D eigenvalue weighted by atomic mass is 32.2. The van der Waals surface area contributed by atoms with Crippen LogP contribution in [0.5, 0.6) is 0 Å². The number of aliphatic carboxylic acids is 1. The number of carboxylic acids is 1. The Morgan fingerprint density at radius 2 is 2.05 bits per heavy atom. The molecule has 1 heterocycles. The summed E-state index contributed by atoms with van der Waals surface area (Å²) >= 11 is 1.61. The Bertz CT molecular complexity index is 462. The summed E-state index contributed by atoms with van der Waals surface area (Å²) in [6, 6.07) is -0.650. The molecule has 20 heavy (non-hydrogen) atoms. The van der Waals surface area contributed by atoms with Gasteiger partial charge < -0.3 is 10.0 Å². The summed E-state index contributed by atoms with van der Waals surface area (Å²) < 4.78 is 0. The molecule has 0 aromatic heterocycles. The summed E-state index contributed by atoms with van der Waals surface area (Å²) in [5.74, 6) is 0.867. The molecule has 2 bridgehead atoms. The van der Waals surface area contributed by atoms with Gasteiger partial charge in [0.05, 0.1) is 5.37 Å². The molecular weight excluding hydrogens is 274 g/mol. The Morgan fingerprint density at radius 3 is 2.55 bits per heavy atom. The number of nitrogens with zero attached hydrogens (tertiary/aromatic N) is 1. The molecule has 110 valence electrons. The van der Waals surface area contributed by atoms with E-state index in [1.807, 2.05) is 0 Å². The molecule has 0 aromatic rings. The van der Waals surface area contributed by atoms with Crippen LogP contribution in [0.3, 0.4) is 0 Å². The van der Waals surface area contributed by atoms with Crippen molar-refractivity contribution in [1.29, 1.82) is 0 Å². The summed E-state index contributed by atoms with van der Waals surface area (Å²) in [6.45, 7) is 4.12. The van der Waals surface area contributed by atoms with Crippen LogP contribution in [-0.4, -0.2) is 39.1 Å². The Kier molecular flexibility index (Phi) is 3.56. The minimum absolute atomic E-state index is 0.00621. The van der Waals surface area contributed by atoms with Gasteiger partial charge in [-0.15, -0.1) is 11.8 Å². The van der Waals surface area contributed by atoms with Crippen molar-refractivity contribution in [2.24, 2.45) is 23.7 Å². The van der Waals surface area contributed by atoms with E-state index in [2.05, 4.69) is 26.0 Å². The Hall–Kier alpha value is -0.970. The molecule has 2 aliphatic carbocycles. The largest absolute Gasteiger partial charge is 0.480 e. The van der Waals surface area contributed by atoms with Gasteiger partial charge in [-0.2, -0.15) is 0 Å². The number of hydrogen-bond acceptors (Lipinski definition) is 3. The minimum Gasteiger partial charge on any atom is -0.480 e. The van der Waals surface area contributed by atoms with Crippen molar-refractivity contribution >= 4 is 23.6 Å². The highest BCUT2D eigenvalue weighted by molar-refractivity contribution is 8.00. The lowest BCUT2D eigenvalue weighted by atomic mass is 9.91. The predicted octanol–water partition coefficient (Wildman–Crippen LogP) is 2.21. The second-order valence-electron chi connectivity index (χ2n) is 6.45. The first-order valence-electron chi connectivity index (χ1n) is 7.34. The number of allylic oxidation sites excluding steroid dienone is 2. The fourth-order valence-electron chi connectivity index (χ4n) is 3.77. The van der Waals surface area contributed by atoms with E-state index in [1.165, 1.54) is 0 Å². The van der Waals surface area contributed by atoms with Crippen molar-refractivity contribution in [2.75, 3.05) is 5.75 Å². The lowest BCUT2D eigenvalue weighted by Crippen LogP contribution is -2.50. The molecule has 5 unspecified atom stereocenters. The number of thioether (sulfide) groups is 1. The average molecular weight is 295 g/mol. The molecule has 0 radical (unpaired) electrons. The summed E-state index contributed by atoms with van der Waals surface area (Å²) in [4.78, 5) is 26.0. The van der Waals surface area contributed by atoms with Gasteiger partial charge in [-0.3, -0.25) is 4.79 Å². The predicted molar refractivity (Wildman–Crippen MR) is 78.2 cm³/mol. The number of hydrogen-bond donors (Lipinski definition) is 1. The van der Waals surface area contributed by atoms with E-state index in [0.717, 1.165) is 12.8 Å². The Balaban J connectivity index is 1.82. The van der Waals surface area contributed by atoms with E-state index in [1.54, 1.807) is 16.7 Å². The topological polar surface area (TPSA) is 57.6 Å². The molecule has 5 heteroatoms. The first kappa shape index (κ1) is 14.0. The quantitative estimate of drug-likeness (QED) is 0.811. The zero-order valence-electron chi connectivity index (χ0n) is 11.9. The fraction of sp³-hybridized carbons (Fsp3) is 0.733. The second-order valence-corrected chi connectivity index (χ2v) is 7.60. The monoisotopic (exact) mass is 295 g/mol. The maximum Gasteiger partial charge on any atom is 0.327 e. The molecule has 1 saturated carbocycles. The zero-order chi connectivity index (χ0) is 14.4.